The first-order chi connectivity index (χ1) is 15.1. The summed E-state index contributed by atoms with van der Waals surface area (Å²) in [4.78, 5) is 14.1. The Morgan fingerprint density at radius 2 is 1.47 bits per heavy atom. The van der Waals surface area contributed by atoms with Crippen molar-refractivity contribution in [3.63, 3.8) is 0 Å². The minimum absolute atomic E-state index is 0.0362. The highest BCUT2D eigenvalue weighted by Crippen LogP contribution is 2.38. The predicted octanol–water partition coefficient (Wildman–Crippen LogP) is 2.65. The average Bonchev–Trinajstić information content (AvgIpc) is 2.77. The van der Waals surface area contributed by atoms with E-state index in [1.54, 1.807) is 19.2 Å². The van der Waals surface area contributed by atoms with Crippen molar-refractivity contribution in [1.29, 1.82) is 0 Å². The molecule has 2 aromatic carbocycles. The summed E-state index contributed by atoms with van der Waals surface area (Å²) in [5, 5.41) is 0.160. The van der Waals surface area contributed by atoms with Crippen LogP contribution in [-0.4, -0.2) is 72.6 Å². The largest absolute Gasteiger partial charge is 0.495 e. The quantitative estimate of drug-likeness (QED) is 0.509. The number of hydrogen-bond acceptors (Lipinski definition) is 7. The van der Waals surface area contributed by atoms with E-state index in [1.807, 2.05) is 0 Å². The molecule has 0 aliphatic heterocycles. The van der Waals surface area contributed by atoms with Gasteiger partial charge in [0.2, 0.25) is 21.7 Å². The third-order valence-corrected chi connectivity index (χ3v) is 6.85. The second-order valence-electron chi connectivity index (χ2n) is 6.84. The number of methoxy groups -OCH3 is 4. The molecule has 0 heterocycles. The van der Waals surface area contributed by atoms with E-state index >= 15 is 0 Å². The first-order valence-electron chi connectivity index (χ1n) is 9.41. The van der Waals surface area contributed by atoms with Gasteiger partial charge in [0.1, 0.15) is 5.75 Å². The Bertz CT molecular complexity index is 1050. The zero-order chi connectivity index (χ0) is 24.1. The molecule has 9 nitrogen and oxygen atoms in total. The molecule has 0 saturated carbocycles. The summed E-state index contributed by atoms with van der Waals surface area (Å²) in [5.41, 5.74) is 0.725. The molecular weight excluding hydrogens is 460 g/mol. The topological polar surface area (TPSA) is 94.6 Å². The van der Waals surface area contributed by atoms with Crippen LogP contribution in [0, 0.1) is 0 Å². The van der Waals surface area contributed by atoms with Crippen molar-refractivity contribution >= 4 is 27.5 Å². The number of amides is 1. The monoisotopic (exact) mass is 486 g/mol. The highest BCUT2D eigenvalue weighted by atomic mass is 35.5. The number of rotatable bonds is 10. The second kappa shape index (κ2) is 10.8. The number of benzene rings is 2. The van der Waals surface area contributed by atoms with Gasteiger partial charge < -0.3 is 23.8 Å². The minimum atomic E-state index is -3.93. The molecule has 0 aliphatic carbocycles. The normalized spacial score (nSPS) is 11.2. The van der Waals surface area contributed by atoms with Gasteiger partial charge in [-0.1, -0.05) is 11.6 Å². The Hall–Kier alpha value is -2.69. The fraction of sp³-hybridized carbons (Fsp3) is 0.381. The van der Waals surface area contributed by atoms with Crippen molar-refractivity contribution in [1.82, 2.24) is 9.21 Å². The standard InChI is InChI=1S/C21H27ClN2O7S/c1-23(12-14-9-18(29-4)21(31-6)19(10-14)30-5)20(25)13-24(2)32(26,27)15-7-8-17(28-3)16(22)11-15/h7-11H,12-13H2,1-6H3. The van der Waals surface area contributed by atoms with Gasteiger partial charge >= 0.3 is 0 Å². The lowest BCUT2D eigenvalue weighted by Gasteiger charge is -2.23. The lowest BCUT2D eigenvalue weighted by molar-refractivity contribution is -0.130. The third kappa shape index (κ3) is 5.56. The molecule has 2 aromatic rings. The summed E-state index contributed by atoms with van der Waals surface area (Å²) in [6, 6.07) is 7.58. The number of sulfonamides is 1. The van der Waals surface area contributed by atoms with Crippen molar-refractivity contribution < 1.29 is 32.2 Å². The molecule has 0 N–H and O–H groups in total. The summed E-state index contributed by atoms with van der Waals surface area (Å²) >= 11 is 6.05. The van der Waals surface area contributed by atoms with Crippen LogP contribution in [0.5, 0.6) is 23.0 Å². The van der Waals surface area contributed by atoms with Crippen LogP contribution < -0.4 is 18.9 Å². The fourth-order valence-electron chi connectivity index (χ4n) is 2.97. The van der Waals surface area contributed by atoms with Crippen LogP contribution in [0.3, 0.4) is 0 Å². The molecular formula is C21H27ClN2O7S. The number of halogens is 1. The molecule has 0 atom stereocenters. The lowest BCUT2D eigenvalue weighted by atomic mass is 10.1. The first-order valence-corrected chi connectivity index (χ1v) is 11.2. The van der Waals surface area contributed by atoms with Gasteiger partial charge in [0.05, 0.1) is 44.9 Å². The lowest BCUT2D eigenvalue weighted by Crippen LogP contribution is -2.39. The summed E-state index contributed by atoms with van der Waals surface area (Å²) < 4.78 is 47.7. The van der Waals surface area contributed by atoms with E-state index in [2.05, 4.69) is 0 Å². The summed E-state index contributed by atoms with van der Waals surface area (Å²) in [6.45, 7) is -0.148. The molecule has 32 heavy (non-hydrogen) atoms. The third-order valence-electron chi connectivity index (χ3n) is 4.76. The molecule has 176 valence electrons. The number of likely N-dealkylation sites (N-methyl/N-ethyl adjacent to an activating group) is 2. The molecule has 0 bridgehead atoms. The van der Waals surface area contributed by atoms with Gasteiger partial charge in [-0.2, -0.15) is 4.31 Å². The maximum absolute atomic E-state index is 12.8. The van der Waals surface area contributed by atoms with Gasteiger partial charge in [0, 0.05) is 20.6 Å². The molecule has 11 heteroatoms. The Balaban J connectivity index is 2.16. The van der Waals surface area contributed by atoms with Gasteiger partial charge in [0.15, 0.2) is 11.5 Å². The van der Waals surface area contributed by atoms with Crippen molar-refractivity contribution in [2.24, 2.45) is 0 Å². The molecule has 0 spiro atoms. The van der Waals surface area contributed by atoms with Gasteiger partial charge in [-0.25, -0.2) is 8.42 Å². The van der Waals surface area contributed by atoms with E-state index in [-0.39, 0.29) is 23.0 Å². The Labute approximate surface area is 193 Å². The molecule has 0 radical (unpaired) electrons. The highest BCUT2D eigenvalue weighted by Gasteiger charge is 2.25. The van der Waals surface area contributed by atoms with Crippen LogP contribution in [-0.2, 0) is 21.4 Å². The Morgan fingerprint density at radius 1 is 0.906 bits per heavy atom. The van der Waals surface area contributed by atoms with Crippen molar-refractivity contribution in [2.45, 2.75) is 11.4 Å². The highest BCUT2D eigenvalue weighted by molar-refractivity contribution is 7.89. The average molecular weight is 487 g/mol. The Morgan fingerprint density at radius 3 is 1.94 bits per heavy atom. The zero-order valence-corrected chi connectivity index (χ0v) is 20.4. The van der Waals surface area contributed by atoms with E-state index in [1.165, 1.54) is 58.6 Å². The van der Waals surface area contributed by atoms with Gasteiger partial charge in [-0.15, -0.1) is 0 Å². The van der Waals surface area contributed by atoms with Gasteiger partial charge in [-0.05, 0) is 35.9 Å². The van der Waals surface area contributed by atoms with Crippen LogP contribution >= 0.6 is 11.6 Å². The Kier molecular flexibility index (Phi) is 8.59. The van der Waals surface area contributed by atoms with E-state index < -0.39 is 15.9 Å². The number of nitrogens with zero attached hydrogens (tertiary/aromatic N) is 2. The van der Waals surface area contributed by atoms with Crippen molar-refractivity contribution in [3.05, 3.63) is 40.9 Å². The smallest absolute Gasteiger partial charge is 0.243 e. The SMILES string of the molecule is COc1ccc(S(=O)(=O)N(C)CC(=O)N(C)Cc2cc(OC)c(OC)c(OC)c2)cc1Cl. The first kappa shape index (κ1) is 25.6. The molecule has 0 unspecified atom stereocenters. The number of carbonyl (C=O) groups excluding carboxylic acids is 1. The maximum atomic E-state index is 12.8. The zero-order valence-electron chi connectivity index (χ0n) is 18.8. The summed E-state index contributed by atoms with van der Waals surface area (Å²) in [7, 11) is 4.92. The predicted molar refractivity (Wildman–Crippen MR) is 120 cm³/mol. The maximum Gasteiger partial charge on any atom is 0.243 e. The molecule has 0 saturated heterocycles. The molecule has 2 rings (SSSR count). The van der Waals surface area contributed by atoms with Crippen LogP contribution in [0.1, 0.15) is 5.56 Å². The number of ether oxygens (including phenoxy) is 4. The molecule has 0 aliphatic rings. The van der Waals surface area contributed by atoms with E-state index in [4.69, 9.17) is 30.5 Å². The van der Waals surface area contributed by atoms with Crippen LogP contribution in [0.4, 0.5) is 0 Å². The van der Waals surface area contributed by atoms with Crippen LogP contribution in [0.15, 0.2) is 35.2 Å². The summed E-state index contributed by atoms with van der Waals surface area (Å²) in [6.07, 6.45) is 0. The molecule has 1 amide bonds. The van der Waals surface area contributed by atoms with E-state index in [9.17, 15) is 13.2 Å². The van der Waals surface area contributed by atoms with Crippen LogP contribution in [0.2, 0.25) is 5.02 Å². The number of carbonyl (C=O) groups is 1. The number of hydrogen-bond donors (Lipinski definition) is 0. The fourth-order valence-corrected chi connectivity index (χ4v) is 4.44. The second-order valence-corrected chi connectivity index (χ2v) is 9.29. The molecule has 0 aromatic heterocycles. The summed E-state index contributed by atoms with van der Waals surface area (Å²) in [5.74, 6) is 1.31. The van der Waals surface area contributed by atoms with E-state index in [0.717, 1.165) is 9.87 Å². The van der Waals surface area contributed by atoms with E-state index in [0.29, 0.717) is 23.0 Å². The van der Waals surface area contributed by atoms with Gasteiger partial charge in [-0.3, -0.25) is 4.79 Å². The van der Waals surface area contributed by atoms with Gasteiger partial charge in [0.25, 0.3) is 0 Å². The van der Waals surface area contributed by atoms with Crippen LogP contribution in [0.25, 0.3) is 0 Å². The molecule has 0 fully saturated rings. The van der Waals surface area contributed by atoms with Crippen molar-refractivity contribution in [3.8, 4) is 23.0 Å². The minimum Gasteiger partial charge on any atom is -0.495 e. The van der Waals surface area contributed by atoms with Crippen molar-refractivity contribution in [2.75, 3.05) is 49.1 Å².